The Morgan fingerprint density at radius 3 is 2.52 bits per heavy atom. The highest BCUT2D eigenvalue weighted by Gasteiger charge is 2.20. The van der Waals surface area contributed by atoms with E-state index >= 15 is 0 Å². The lowest BCUT2D eigenvalue weighted by atomic mass is 10.1. The minimum Gasteiger partial charge on any atom is -0.496 e. The molecule has 0 atom stereocenters. The molecule has 0 fully saturated rings. The minimum atomic E-state index is -0.631. The Morgan fingerprint density at radius 2 is 1.81 bits per heavy atom. The number of benzene rings is 2. The van der Waals surface area contributed by atoms with E-state index in [0.717, 1.165) is 0 Å². The zero-order valence-electron chi connectivity index (χ0n) is 16.7. The fourth-order valence-corrected chi connectivity index (χ4v) is 2.84. The smallest absolute Gasteiger partial charge is 0.316 e. The van der Waals surface area contributed by atoms with Gasteiger partial charge < -0.3 is 19.9 Å². The molecule has 0 radical (unpaired) electrons. The van der Waals surface area contributed by atoms with E-state index in [4.69, 9.17) is 9.26 Å². The predicted molar refractivity (Wildman–Crippen MR) is 109 cm³/mol. The summed E-state index contributed by atoms with van der Waals surface area (Å²) < 4.78 is 10.1. The molecule has 0 unspecified atom stereocenters. The van der Waals surface area contributed by atoms with Gasteiger partial charge in [0.1, 0.15) is 5.75 Å². The van der Waals surface area contributed by atoms with Crippen molar-refractivity contribution in [2.45, 2.75) is 6.92 Å². The zero-order chi connectivity index (χ0) is 22.4. The van der Waals surface area contributed by atoms with E-state index in [-0.39, 0.29) is 36.4 Å². The summed E-state index contributed by atoms with van der Waals surface area (Å²) in [5.41, 5.74) is 1.05. The largest absolute Gasteiger partial charge is 0.496 e. The van der Waals surface area contributed by atoms with Crippen LogP contribution in [0.25, 0.3) is 11.4 Å². The lowest BCUT2D eigenvalue weighted by Gasteiger charge is -2.09. The molecule has 0 saturated carbocycles. The molecule has 1 heterocycles. The summed E-state index contributed by atoms with van der Waals surface area (Å²) in [5, 5.41) is 20.0. The normalized spacial score (nSPS) is 10.4. The number of nitro benzene ring substituents is 1. The number of rotatable bonds is 8. The Kier molecular flexibility index (Phi) is 6.55. The molecule has 2 amide bonds. The van der Waals surface area contributed by atoms with E-state index < -0.39 is 10.8 Å². The second-order valence-electron chi connectivity index (χ2n) is 6.34. The van der Waals surface area contributed by atoms with Crippen LogP contribution in [0.15, 0.2) is 47.0 Å². The van der Waals surface area contributed by atoms with Crippen molar-refractivity contribution in [2.75, 3.05) is 20.2 Å². The van der Waals surface area contributed by atoms with Crippen molar-refractivity contribution in [3.8, 4) is 17.1 Å². The Morgan fingerprint density at radius 1 is 1.10 bits per heavy atom. The van der Waals surface area contributed by atoms with Gasteiger partial charge in [-0.2, -0.15) is 4.98 Å². The number of hydrogen-bond acceptors (Lipinski definition) is 8. The Bertz CT molecular complexity index is 1130. The maximum atomic E-state index is 12.2. The number of methoxy groups -OCH3 is 1. The van der Waals surface area contributed by atoms with Crippen molar-refractivity contribution < 1.29 is 23.8 Å². The van der Waals surface area contributed by atoms with E-state index in [1.807, 2.05) is 0 Å². The first kappa shape index (κ1) is 21.4. The minimum absolute atomic E-state index is 0.0656. The number of nitrogens with zero attached hydrogens (tertiary/aromatic N) is 3. The number of carbonyl (C=O) groups is 2. The molecule has 11 nitrogen and oxygen atoms in total. The molecule has 2 aromatic carbocycles. The van der Waals surface area contributed by atoms with Gasteiger partial charge in [0.05, 0.1) is 17.6 Å². The predicted octanol–water partition coefficient (Wildman–Crippen LogP) is 2.12. The average Bonchev–Trinajstić information content (AvgIpc) is 3.26. The van der Waals surface area contributed by atoms with Crippen molar-refractivity contribution in [1.82, 2.24) is 20.8 Å². The van der Waals surface area contributed by atoms with Gasteiger partial charge in [-0.1, -0.05) is 29.4 Å². The molecular weight excluding hydrogens is 406 g/mol. The Labute approximate surface area is 176 Å². The highest BCUT2D eigenvalue weighted by molar-refractivity contribution is 5.97. The first-order valence-electron chi connectivity index (χ1n) is 9.20. The quantitative estimate of drug-likeness (QED) is 0.317. The maximum absolute atomic E-state index is 12.2. The van der Waals surface area contributed by atoms with E-state index in [1.165, 1.54) is 19.2 Å². The molecule has 3 rings (SSSR count). The van der Waals surface area contributed by atoms with Crippen LogP contribution in [0.2, 0.25) is 0 Å². The number of para-hydroxylation sites is 1. The molecule has 3 aromatic rings. The van der Waals surface area contributed by atoms with Crippen LogP contribution >= 0.6 is 0 Å². The third-order valence-electron chi connectivity index (χ3n) is 4.41. The van der Waals surface area contributed by atoms with Gasteiger partial charge >= 0.3 is 11.8 Å². The Hall–Kier alpha value is -4.28. The number of carbonyl (C=O) groups excluding carboxylic acids is 2. The monoisotopic (exact) mass is 425 g/mol. The fraction of sp³-hybridized carbons (Fsp3) is 0.200. The van der Waals surface area contributed by atoms with E-state index in [1.54, 1.807) is 37.3 Å². The average molecular weight is 425 g/mol. The molecule has 11 heteroatoms. The van der Waals surface area contributed by atoms with Crippen LogP contribution in [-0.2, 0) is 0 Å². The van der Waals surface area contributed by atoms with Crippen molar-refractivity contribution >= 4 is 17.5 Å². The van der Waals surface area contributed by atoms with Gasteiger partial charge in [-0.3, -0.25) is 19.7 Å². The van der Waals surface area contributed by atoms with E-state index in [0.29, 0.717) is 22.4 Å². The molecule has 1 aromatic heterocycles. The summed E-state index contributed by atoms with van der Waals surface area (Å²) in [6.45, 7) is 1.84. The van der Waals surface area contributed by atoms with Gasteiger partial charge in [0.25, 0.3) is 11.6 Å². The number of hydrogen-bond donors (Lipinski definition) is 2. The van der Waals surface area contributed by atoms with Crippen molar-refractivity contribution in [3.05, 3.63) is 69.6 Å². The van der Waals surface area contributed by atoms with Gasteiger partial charge in [0.2, 0.25) is 5.82 Å². The number of amides is 2. The SMILES string of the molecule is COc1ccccc1C(=O)NCCNC(=O)c1nc(-c2cccc([N+](=O)[O-])c2C)no1. The van der Waals surface area contributed by atoms with E-state index in [9.17, 15) is 19.7 Å². The lowest BCUT2D eigenvalue weighted by molar-refractivity contribution is -0.385. The van der Waals surface area contributed by atoms with E-state index in [2.05, 4.69) is 20.8 Å². The first-order valence-corrected chi connectivity index (χ1v) is 9.20. The van der Waals surface area contributed by atoms with Gasteiger partial charge in [-0.05, 0) is 19.1 Å². The van der Waals surface area contributed by atoms with Crippen molar-refractivity contribution in [1.29, 1.82) is 0 Å². The summed E-state index contributed by atoms with van der Waals surface area (Å²) in [6, 6.07) is 11.2. The topological polar surface area (TPSA) is 149 Å². The zero-order valence-corrected chi connectivity index (χ0v) is 16.7. The summed E-state index contributed by atoms with van der Waals surface area (Å²) in [6.07, 6.45) is 0. The summed E-state index contributed by atoms with van der Waals surface area (Å²) >= 11 is 0. The number of nitrogens with one attached hydrogen (secondary N) is 2. The number of nitro groups is 1. The summed E-state index contributed by atoms with van der Waals surface area (Å²) in [4.78, 5) is 39.0. The molecule has 0 saturated heterocycles. The van der Waals surface area contributed by atoms with Gasteiger partial charge in [0, 0.05) is 30.3 Å². The van der Waals surface area contributed by atoms with Crippen LogP contribution in [0, 0.1) is 17.0 Å². The molecule has 0 bridgehead atoms. The highest BCUT2D eigenvalue weighted by Crippen LogP contribution is 2.27. The van der Waals surface area contributed by atoms with Gasteiger partial charge in [0.15, 0.2) is 0 Å². The van der Waals surface area contributed by atoms with Crippen LogP contribution in [0.3, 0.4) is 0 Å². The van der Waals surface area contributed by atoms with Crippen LogP contribution in [0.1, 0.15) is 26.6 Å². The molecule has 0 aliphatic heterocycles. The first-order chi connectivity index (χ1) is 14.9. The molecule has 0 aliphatic rings. The molecule has 160 valence electrons. The summed E-state index contributed by atoms with van der Waals surface area (Å²) in [7, 11) is 1.47. The summed E-state index contributed by atoms with van der Waals surface area (Å²) in [5.74, 6) is -0.757. The molecular formula is C20H19N5O6. The third-order valence-corrected chi connectivity index (χ3v) is 4.41. The van der Waals surface area contributed by atoms with Crippen molar-refractivity contribution in [3.63, 3.8) is 0 Å². The van der Waals surface area contributed by atoms with Crippen molar-refractivity contribution in [2.24, 2.45) is 0 Å². The standard InChI is InChI=1S/C20H19N5O6/c1-12-13(7-5-8-15(12)25(28)29)17-23-20(31-24-17)19(27)22-11-10-21-18(26)14-6-3-4-9-16(14)30-2/h3-9H,10-11H2,1-2H3,(H,21,26)(H,22,27). The number of aromatic nitrogens is 2. The Balaban J connectivity index is 1.57. The molecule has 2 N–H and O–H groups in total. The second kappa shape index (κ2) is 9.48. The molecule has 0 aliphatic carbocycles. The lowest BCUT2D eigenvalue weighted by Crippen LogP contribution is -2.35. The number of ether oxygens (including phenoxy) is 1. The fourth-order valence-electron chi connectivity index (χ4n) is 2.84. The molecule has 31 heavy (non-hydrogen) atoms. The van der Waals surface area contributed by atoms with Gasteiger partial charge in [-0.25, -0.2) is 0 Å². The van der Waals surface area contributed by atoms with Crippen LogP contribution in [0.4, 0.5) is 5.69 Å². The molecule has 0 spiro atoms. The van der Waals surface area contributed by atoms with Crippen LogP contribution < -0.4 is 15.4 Å². The van der Waals surface area contributed by atoms with Crippen LogP contribution in [0.5, 0.6) is 5.75 Å². The third kappa shape index (κ3) is 4.83. The highest BCUT2D eigenvalue weighted by atomic mass is 16.6. The van der Waals surface area contributed by atoms with Gasteiger partial charge in [-0.15, -0.1) is 0 Å². The van der Waals surface area contributed by atoms with Crippen LogP contribution in [-0.4, -0.2) is 47.1 Å². The maximum Gasteiger partial charge on any atom is 0.316 e. The second-order valence-corrected chi connectivity index (χ2v) is 6.34.